The van der Waals surface area contributed by atoms with Crippen molar-refractivity contribution in [3.8, 4) is 0 Å². The number of nitrogens with one attached hydrogen (secondary N) is 2. The molecule has 0 unspecified atom stereocenters. The number of urea groups is 1. The highest BCUT2D eigenvalue weighted by Gasteiger charge is 2.07. The van der Waals surface area contributed by atoms with E-state index in [1.807, 2.05) is 36.4 Å². The summed E-state index contributed by atoms with van der Waals surface area (Å²) in [6, 6.07) is 16.2. The van der Waals surface area contributed by atoms with Gasteiger partial charge in [0.15, 0.2) is 0 Å². The summed E-state index contributed by atoms with van der Waals surface area (Å²) in [6.45, 7) is 0.789. The number of benzene rings is 1. The minimum absolute atomic E-state index is 0.238. The number of aromatic nitrogens is 2. The van der Waals surface area contributed by atoms with Crippen LogP contribution in [0.2, 0.25) is 0 Å². The molecule has 2 aromatic heterocycles. The molecule has 0 aliphatic heterocycles. The predicted molar refractivity (Wildman–Crippen MR) is 96.3 cm³/mol. The van der Waals surface area contributed by atoms with Gasteiger partial charge in [-0.1, -0.05) is 36.4 Å². The number of carbonyl (C=O) groups excluding carboxylic acids is 1. The van der Waals surface area contributed by atoms with Crippen molar-refractivity contribution < 1.29 is 4.79 Å². The van der Waals surface area contributed by atoms with Crippen LogP contribution in [-0.2, 0) is 13.1 Å². The fraction of sp³-hybridized carbons (Fsp3) is 0.105. The van der Waals surface area contributed by atoms with Gasteiger partial charge in [-0.15, -0.1) is 0 Å². The Morgan fingerprint density at radius 3 is 2.56 bits per heavy atom. The maximum Gasteiger partial charge on any atom is 0.319 e. The molecule has 0 bridgehead atoms. The number of nitrogens with zero attached hydrogens (tertiary/aromatic N) is 2. The smallest absolute Gasteiger partial charge is 0.319 e. The first-order valence-electron chi connectivity index (χ1n) is 7.89. The molecule has 1 aromatic carbocycles. The molecule has 3 aromatic rings. The highest BCUT2D eigenvalue weighted by molar-refractivity contribution is 5.88. The summed E-state index contributed by atoms with van der Waals surface area (Å²) in [5.41, 5.74) is 1.89. The normalized spacial score (nSPS) is 10.2. The van der Waals surface area contributed by atoms with E-state index < -0.39 is 6.03 Å². The van der Waals surface area contributed by atoms with E-state index in [1.165, 1.54) is 0 Å². The van der Waals surface area contributed by atoms with Crippen LogP contribution in [0.4, 0.5) is 10.5 Å². The lowest BCUT2D eigenvalue weighted by atomic mass is 10.2. The van der Waals surface area contributed by atoms with Gasteiger partial charge in [-0.25, -0.2) is 4.79 Å². The van der Waals surface area contributed by atoms with Crippen molar-refractivity contribution in [1.82, 2.24) is 14.9 Å². The molecule has 126 valence electrons. The molecule has 25 heavy (non-hydrogen) atoms. The number of carbonyl (C=O) groups is 1. The Balaban J connectivity index is 1.65. The largest absolute Gasteiger partial charge is 0.334 e. The van der Waals surface area contributed by atoms with E-state index in [1.54, 1.807) is 41.4 Å². The van der Waals surface area contributed by atoms with Crippen LogP contribution in [0.3, 0.4) is 0 Å². The zero-order valence-electron chi connectivity index (χ0n) is 13.6. The zero-order chi connectivity index (χ0) is 17.5. The molecule has 6 nitrogen and oxygen atoms in total. The van der Waals surface area contributed by atoms with Crippen LogP contribution in [0.15, 0.2) is 78.0 Å². The van der Waals surface area contributed by atoms with Gasteiger partial charge in [0.05, 0.1) is 6.54 Å². The van der Waals surface area contributed by atoms with Crippen molar-refractivity contribution in [3.05, 3.63) is 94.7 Å². The second-order valence-electron chi connectivity index (χ2n) is 5.51. The van der Waals surface area contributed by atoms with Gasteiger partial charge >= 0.3 is 6.03 Å². The van der Waals surface area contributed by atoms with E-state index in [9.17, 15) is 9.59 Å². The van der Waals surface area contributed by atoms with Crippen LogP contribution in [0.1, 0.15) is 11.1 Å². The second-order valence-corrected chi connectivity index (χ2v) is 5.51. The van der Waals surface area contributed by atoms with Crippen LogP contribution >= 0.6 is 0 Å². The van der Waals surface area contributed by atoms with Crippen molar-refractivity contribution in [1.29, 1.82) is 0 Å². The lowest BCUT2D eigenvalue weighted by molar-refractivity contribution is 0.251. The summed E-state index contributed by atoms with van der Waals surface area (Å²) in [6.07, 6.45) is 5.05. The fourth-order valence-electron chi connectivity index (χ4n) is 2.39. The molecule has 2 heterocycles. The molecule has 0 atom stereocenters. The molecular weight excluding hydrogens is 316 g/mol. The summed E-state index contributed by atoms with van der Waals surface area (Å²) >= 11 is 0. The molecule has 6 heteroatoms. The Morgan fingerprint density at radius 2 is 1.80 bits per heavy atom. The van der Waals surface area contributed by atoms with Crippen molar-refractivity contribution in [3.63, 3.8) is 0 Å². The number of anilines is 1. The van der Waals surface area contributed by atoms with Crippen molar-refractivity contribution in [2.24, 2.45) is 0 Å². The molecule has 0 fully saturated rings. The lowest BCUT2D eigenvalue weighted by Gasteiger charge is -2.10. The Morgan fingerprint density at radius 1 is 1.00 bits per heavy atom. The highest BCUT2D eigenvalue weighted by Crippen LogP contribution is 2.04. The number of amides is 2. The van der Waals surface area contributed by atoms with Gasteiger partial charge in [0.25, 0.3) is 5.56 Å². The van der Waals surface area contributed by atoms with Crippen LogP contribution < -0.4 is 16.2 Å². The third-order valence-electron chi connectivity index (χ3n) is 3.64. The third kappa shape index (κ3) is 4.54. The number of hydrogen-bond donors (Lipinski definition) is 2. The van der Waals surface area contributed by atoms with Gasteiger partial charge in [0, 0.05) is 25.1 Å². The Bertz CT molecular complexity index is 892. The first-order chi connectivity index (χ1) is 12.2. The third-order valence-corrected chi connectivity index (χ3v) is 3.64. The van der Waals surface area contributed by atoms with Gasteiger partial charge in [-0.2, -0.15) is 0 Å². The first-order valence-corrected chi connectivity index (χ1v) is 7.89. The summed E-state index contributed by atoms with van der Waals surface area (Å²) < 4.78 is 1.56. The predicted octanol–water partition coefficient (Wildman–Crippen LogP) is 2.61. The standard InChI is InChI=1S/C19H18N4O2/c24-18-17(22-19(25)21-13-16-8-4-10-20-12-16)9-5-11-23(18)14-15-6-2-1-3-7-15/h1-12H,13-14H2,(H2,21,22,25). The highest BCUT2D eigenvalue weighted by atomic mass is 16.2. The topological polar surface area (TPSA) is 76.0 Å². The number of pyridine rings is 2. The Hall–Kier alpha value is -3.41. The molecular formula is C19H18N4O2. The summed E-state index contributed by atoms with van der Waals surface area (Å²) in [4.78, 5) is 28.5. The van der Waals surface area contributed by atoms with Crippen molar-refractivity contribution in [2.75, 3.05) is 5.32 Å². The zero-order valence-corrected chi connectivity index (χ0v) is 13.6. The van der Waals surface area contributed by atoms with Crippen LogP contribution in [0.5, 0.6) is 0 Å². The van der Waals surface area contributed by atoms with Crippen LogP contribution in [-0.4, -0.2) is 15.6 Å². The fourth-order valence-corrected chi connectivity index (χ4v) is 2.39. The summed E-state index contributed by atoms with van der Waals surface area (Å²) in [5.74, 6) is 0. The van der Waals surface area contributed by atoms with E-state index in [0.717, 1.165) is 11.1 Å². The maximum atomic E-state index is 12.5. The van der Waals surface area contributed by atoms with E-state index in [-0.39, 0.29) is 11.2 Å². The van der Waals surface area contributed by atoms with E-state index in [4.69, 9.17) is 0 Å². The van der Waals surface area contributed by atoms with Gasteiger partial charge in [0.2, 0.25) is 0 Å². The average molecular weight is 334 g/mol. The van der Waals surface area contributed by atoms with Gasteiger partial charge < -0.3 is 15.2 Å². The van der Waals surface area contributed by atoms with E-state index >= 15 is 0 Å². The minimum Gasteiger partial charge on any atom is -0.334 e. The van der Waals surface area contributed by atoms with Crippen molar-refractivity contribution in [2.45, 2.75) is 13.1 Å². The number of hydrogen-bond acceptors (Lipinski definition) is 3. The van der Waals surface area contributed by atoms with Gasteiger partial charge in [-0.3, -0.25) is 9.78 Å². The van der Waals surface area contributed by atoms with E-state index in [0.29, 0.717) is 13.1 Å². The maximum absolute atomic E-state index is 12.5. The molecule has 0 radical (unpaired) electrons. The van der Waals surface area contributed by atoms with Gasteiger partial charge in [-0.05, 0) is 29.3 Å². The molecule has 0 saturated carbocycles. The van der Waals surface area contributed by atoms with Gasteiger partial charge in [0.1, 0.15) is 5.69 Å². The Labute approximate surface area is 145 Å². The molecule has 0 spiro atoms. The molecule has 2 amide bonds. The van der Waals surface area contributed by atoms with Crippen LogP contribution in [0.25, 0.3) is 0 Å². The molecule has 0 aliphatic carbocycles. The average Bonchev–Trinajstić information content (AvgIpc) is 2.65. The lowest BCUT2D eigenvalue weighted by Crippen LogP contribution is -2.32. The molecule has 0 aliphatic rings. The molecule has 0 saturated heterocycles. The monoisotopic (exact) mass is 334 g/mol. The van der Waals surface area contributed by atoms with E-state index in [2.05, 4.69) is 15.6 Å². The van der Waals surface area contributed by atoms with Crippen LogP contribution in [0, 0.1) is 0 Å². The van der Waals surface area contributed by atoms with Crippen molar-refractivity contribution >= 4 is 11.7 Å². The first kappa shape index (κ1) is 16.4. The minimum atomic E-state index is -0.432. The number of rotatable bonds is 5. The molecule has 3 rings (SSSR count). The molecule has 2 N–H and O–H groups in total. The second kappa shape index (κ2) is 7.92. The SMILES string of the molecule is O=C(NCc1cccnc1)Nc1cccn(Cc2ccccc2)c1=O. The summed E-state index contributed by atoms with van der Waals surface area (Å²) in [5, 5.41) is 5.31. The summed E-state index contributed by atoms with van der Waals surface area (Å²) in [7, 11) is 0. The Kier molecular flexibility index (Phi) is 5.21. The quantitative estimate of drug-likeness (QED) is 0.753.